The molecule has 0 spiro atoms. The van der Waals surface area contributed by atoms with Gasteiger partial charge < -0.3 is 10.1 Å². The van der Waals surface area contributed by atoms with E-state index in [9.17, 15) is 0 Å². The zero-order valence-electron chi connectivity index (χ0n) is 10.2. The Bertz CT molecular complexity index is 474. The lowest BCUT2D eigenvalue weighted by Crippen LogP contribution is -2.22. The molecule has 96 valence electrons. The molecular weight excluding hydrogens is 246 g/mol. The average molecular weight is 263 g/mol. The molecule has 0 saturated carbocycles. The van der Waals surface area contributed by atoms with Crippen LogP contribution in [0.1, 0.15) is 12.0 Å². The van der Waals surface area contributed by atoms with E-state index in [2.05, 4.69) is 33.0 Å². The van der Waals surface area contributed by atoms with Gasteiger partial charge in [-0.05, 0) is 23.8 Å². The minimum atomic E-state index is 0.669. The summed E-state index contributed by atoms with van der Waals surface area (Å²) in [6, 6.07) is 4.18. The van der Waals surface area contributed by atoms with Crippen LogP contribution in [0.5, 0.6) is 0 Å². The van der Waals surface area contributed by atoms with Crippen molar-refractivity contribution in [3.63, 3.8) is 0 Å². The third-order valence-corrected chi connectivity index (χ3v) is 4.15. The van der Waals surface area contributed by atoms with Crippen LogP contribution in [0.2, 0.25) is 0 Å². The van der Waals surface area contributed by atoms with E-state index < -0.39 is 0 Å². The van der Waals surface area contributed by atoms with Crippen molar-refractivity contribution in [1.82, 2.24) is 15.5 Å². The lowest BCUT2D eigenvalue weighted by Gasteiger charge is -2.09. The standard InChI is InChI=1S/C13H17N3OS/c1-2-12(18-5-1)13-11(8-15-16-13)7-14-6-10-3-4-17-9-10/h1-2,5,8,10,14H,3-4,6-7,9H2,(H,15,16)/t10-/m0/s1. The number of H-pyrrole nitrogens is 1. The summed E-state index contributed by atoms with van der Waals surface area (Å²) >= 11 is 1.73. The van der Waals surface area contributed by atoms with Crippen LogP contribution < -0.4 is 5.32 Å². The second-order valence-electron chi connectivity index (χ2n) is 4.61. The molecule has 5 heteroatoms. The summed E-state index contributed by atoms with van der Waals surface area (Å²) in [5.74, 6) is 0.669. The Labute approximate surface area is 110 Å². The number of nitrogens with one attached hydrogen (secondary N) is 2. The molecule has 3 rings (SSSR count). The van der Waals surface area contributed by atoms with Crippen LogP contribution in [0, 0.1) is 5.92 Å². The third kappa shape index (κ3) is 2.63. The van der Waals surface area contributed by atoms with Crippen molar-refractivity contribution in [3.8, 4) is 10.6 Å². The van der Waals surface area contributed by atoms with E-state index in [1.807, 2.05) is 6.20 Å². The van der Waals surface area contributed by atoms with Gasteiger partial charge in [0.2, 0.25) is 0 Å². The predicted molar refractivity (Wildman–Crippen MR) is 72.5 cm³/mol. The van der Waals surface area contributed by atoms with E-state index in [1.54, 1.807) is 11.3 Å². The zero-order chi connectivity index (χ0) is 12.2. The van der Waals surface area contributed by atoms with Gasteiger partial charge in [0.25, 0.3) is 0 Å². The van der Waals surface area contributed by atoms with Crippen molar-refractivity contribution in [2.45, 2.75) is 13.0 Å². The number of hydrogen-bond donors (Lipinski definition) is 2. The molecule has 2 aromatic heterocycles. The highest BCUT2D eigenvalue weighted by Gasteiger charge is 2.15. The van der Waals surface area contributed by atoms with Crippen LogP contribution in [-0.2, 0) is 11.3 Å². The minimum Gasteiger partial charge on any atom is -0.381 e. The predicted octanol–water partition coefficient (Wildman–Crippen LogP) is 2.26. The van der Waals surface area contributed by atoms with Crippen LogP contribution in [0.15, 0.2) is 23.7 Å². The van der Waals surface area contributed by atoms with Crippen LogP contribution in [0.25, 0.3) is 10.6 Å². The van der Waals surface area contributed by atoms with E-state index >= 15 is 0 Å². The number of thiophene rings is 1. The lowest BCUT2D eigenvalue weighted by molar-refractivity contribution is 0.185. The van der Waals surface area contributed by atoms with E-state index in [-0.39, 0.29) is 0 Å². The summed E-state index contributed by atoms with van der Waals surface area (Å²) in [6.07, 6.45) is 3.09. The molecular formula is C13H17N3OS. The van der Waals surface area contributed by atoms with Crippen LogP contribution in [-0.4, -0.2) is 30.0 Å². The fourth-order valence-corrected chi connectivity index (χ4v) is 2.99. The Hall–Kier alpha value is -1.17. The zero-order valence-corrected chi connectivity index (χ0v) is 11.0. The van der Waals surface area contributed by atoms with E-state index in [4.69, 9.17) is 4.74 Å². The second-order valence-corrected chi connectivity index (χ2v) is 5.56. The van der Waals surface area contributed by atoms with Gasteiger partial charge in [-0.25, -0.2) is 0 Å². The first-order chi connectivity index (χ1) is 8.93. The first-order valence-electron chi connectivity index (χ1n) is 6.28. The molecule has 1 aliphatic rings. The smallest absolute Gasteiger partial charge is 0.0794 e. The van der Waals surface area contributed by atoms with Crippen molar-refractivity contribution in [2.75, 3.05) is 19.8 Å². The number of ether oxygens (including phenoxy) is 1. The summed E-state index contributed by atoms with van der Waals surface area (Å²) < 4.78 is 5.37. The number of aromatic amines is 1. The van der Waals surface area contributed by atoms with Gasteiger partial charge in [-0.1, -0.05) is 6.07 Å². The maximum absolute atomic E-state index is 5.37. The molecule has 3 heterocycles. The van der Waals surface area contributed by atoms with Gasteiger partial charge in [-0.3, -0.25) is 5.10 Å². The van der Waals surface area contributed by atoms with Crippen molar-refractivity contribution in [3.05, 3.63) is 29.3 Å². The maximum atomic E-state index is 5.37. The first-order valence-corrected chi connectivity index (χ1v) is 7.16. The SMILES string of the molecule is c1csc(-c2[nH]ncc2CNC[C@@H]2CCOC2)c1. The summed E-state index contributed by atoms with van der Waals surface area (Å²) in [5, 5.41) is 12.8. The summed E-state index contributed by atoms with van der Waals surface area (Å²) in [6.45, 7) is 3.70. The number of hydrogen-bond acceptors (Lipinski definition) is 4. The summed E-state index contributed by atoms with van der Waals surface area (Å²) in [7, 11) is 0. The van der Waals surface area contributed by atoms with Crippen molar-refractivity contribution in [2.24, 2.45) is 5.92 Å². The summed E-state index contributed by atoms with van der Waals surface area (Å²) in [5.41, 5.74) is 2.37. The molecule has 18 heavy (non-hydrogen) atoms. The quantitative estimate of drug-likeness (QED) is 0.870. The molecule has 1 aliphatic heterocycles. The Morgan fingerprint density at radius 2 is 2.56 bits per heavy atom. The van der Waals surface area contributed by atoms with Crippen LogP contribution in [0.4, 0.5) is 0 Å². The molecule has 1 saturated heterocycles. The Morgan fingerprint density at radius 1 is 1.56 bits per heavy atom. The molecule has 0 radical (unpaired) electrons. The largest absolute Gasteiger partial charge is 0.381 e. The average Bonchev–Trinajstić information content (AvgIpc) is 3.12. The van der Waals surface area contributed by atoms with Gasteiger partial charge in [-0.15, -0.1) is 11.3 Å². The molecule has 0 bridgehead atoms. The van der Waals surface area contributed by atoms with Crippen molar-refractivity contribution < 1.29 is 4.74 Å². The topological polar surface area (TPSA) is 49.9 Å². The van der Waals surface area contributed by atoms with Gasteiger partial charge >= 0.3 is 0 Å². The van der Waals surface area contributed by atoms with Crippen LogP contribution in [0.3, 0.4) is 0 Å². The molecule has 1 fully saturated rings. The van der Waals surface area contributed by atoms with Gasteiger partial charge in [-0.2, -0.15) is 5.10 Å². The highest BCUT2D eigenvalue weighted by atomic mass is 32.1. The Kier molecular flexibility index (Phi) is 3.73. The molecule has 0 aliphatic carbocycles. The highest BCUT2D eigenvalue weighted by Crippen LogP contribution is 2.25. The monoisotopic (exact) mass is 263 g/mol. The van der Waals surface area contributed by atoms with Gasteiger partial charge in [0.1, 0.15) is 0 Å². The van der Waals surface area contributed by atoms with Crippen molar-refractivity contribution in [1.29, 1.82) is 0 Å². The molecule has 2 aromatic rings. The number of aromatic nitrogens is 2. The van der Waals surface area contributed by atoms with E-state index in [0.717, 1.165) is 32.0 Å². The third-order valence-electron chi connectivity index (χ3n) is 3.26. The Morgan fingerprint density at radius 3 is 3.33 bits per heavy atom. The fourth-order valence-electron chi connectivity index (χ4n) is 2.23. The maximum Gasteiger partial charge on any atom is 0.0794 e. The highest BCUT2D eigenvalue weighted by molar-refractivity contribution is 7.13. The molecule has 1 atom stereocenters. The lowest BCUT2D eigenvalue weighted by atomic mass is 10.1. The molecule has 0 aromatic carbocycles. The van der Waals surface area contributed by atoms with Gasteiger partial charge in [0.05, 0.1) is 23.4 Å². The normalized spacial score (nSPS) is 19.4. The first kappa shape index (κ1) is 11.9. The van der Waals surface area contributed by atoms with Gasteiger partial charge in [0.15, 0.2) is 0 Å². The number of nitrogens with zero attached hydrogens (tertiary/aromatic N) is 1. The van der Waals surface area contributed by atoms with Gasteiger partial charge in [0, 0.05) is 25.3 Å². The van der Waals surface area contributed by atoms with Crippen molar-refractivity contribution >= 4 is 11.3 Å². The van der Waals surface area contributed by atoms with E-state index in [1.165, 1.54) is 16.9 Å². The molecule has 0 unspecified atom stereocenters. The van der Waals surface area contributed by atoms with Crippen LogP contribution >= 0.6 is 11.3 Å². The minimum absolute atomic E-state index is 0.669. The van der Waals surface area contributed by atoms with E-state index in [0.29, 0.717) is 5.92 Å². The number of rotatable bonds is 5. The molecule has 2 N–H and O–H groups in total. The molecule has 4 nitrogen and oxygen atoms in total. The summed E-state index contributed by atoms with van der Waals surface area (Å²) in [4.78, 5) is 1.24. The second kappa shape index (κ2) is 5.65. The Balaban J connectivity index is 1.58. The molecule has 0 amide bonds. The fraction of sp³-hybridized carbons (Fsp3) is 0.462.